The van der Waals surface area contributed by atoms with Crippen LogP contribution in [0.1, 0.15) is 13.8 Å². The first-order valence-corrected chi connectivity index (χ1v) is 16.4. The second-order valence-corrected chi connectivity index (χ2v) is 15.8. The molecule has 0 atom stereocenters. The SMILES string of the molecule is COC(=O)C(C)(C)COc1ccc(-c2ccc(-c3nc(Oc4ccc(F)cc4)n(COCCS(C)(C)C)n3)cc2)cn1. The minimum atomic E-state index is -0.782. The van der Waals surface area contributed by atoms with Crippen LogP contribution in [0.3, 0.4) is 0 Å². The number of methoxy groups -OCH3 is 1. The van der Waals surface area contributed by atoms with Crippen molar-refractivity contribution in [2.24, 2.45) is 5.41 Å². The second kappa shape index (κ2) is 13.3. The molecule has 0 bridgehead atoms. The minimum absolute atomic E-state index is 0.149. The summed E-state index contributed by atoms with van der Waals surface area (Å²) in [6.45, 7) is 4.43. The quantitative estimate of drug-likeness (QED) is 0.133. The molecule has 4 aromatic rings. The number of nitrogens with zero attached hydrogens (tertiary/aromatic N) is 4. The van der Waals surface area contributed by atoms with Gasteiger partial charge in [0.2, 0.25) is 5.88 Å². The summed E-state index contributed by atoms with van der Waals surface area (Å²) < 4.78 is 37.3. The maximum Gasteiger partial charge on any atom is 0.323 e. The van der Waals surface area contributed by atoms with Gasteiger partial charge < -0.3 is 18.9 Å². The molecule has 9 nitrogen and oxygen atoms in total. The zero-order valence-electron chi connectivity index (χ0n) is 24.8. The number of benzene rings is 2. The largest absolute Gasteiger partial charge is 0.476 e. The van der Waals surface area contributed by atoms with Crippen LogP contribution in [-0.2, 0) is 21.0 Å². The van der Waals surface area contributed by atoms with Gasteiger partial charge in [0, 0.05) is 29.1 Å². The van der Waals surface area contributed by atoms with Crippen LogP contribution in [0, 0.1) is 11.2 Å². The zero-order chi connectivity index (χ0) is 30.3. The van der Waals surface area contributed by atoms with Crippen LogP contribution in [0.5, 0.6) is 17.6 Å². The van der Waals surface area contributed by atoms with Gasteiger partial charge in [0.15, 0.2) is 5.82 Å². The van der Waals surface area contributed by atoms with Crippen LogP contribution in [-0.4, -0.2) is 70.6 Å². The van der Waals surface area contributed by atoms with E-state index in [0.29, 0.717) is 24.1 Å². The Labute approximate surface area is 247 Å². The van der Waals surface area contributed by atoms with E-state index in [4.69, 9.17) is 18.9 Å². The molecule has 0 aliphatic rings. The Bertz CT molecular complexity index is 1470. The Morgan fingerprint density at radius 2 is 1.62 bits per heavy atom. The first-order chi connectivity index (χ1) is 19.9. The molecule has 0 radical (unpaired) electrons. The molecular weight excluding hydrogens is 559 g/mol. The lowest BCUT2D eigenvalue weighted by molar-refractivity contribution is -0.152. The van der Waals surface area contributed by atoms with E-state index in [2.05, 4.69) is 33.8 Å². The van der Waals surface area contributed by atoms with E-state index in [1.54, 1.807) is 30.8 Å². The van der Waals surface area contributed by atoms with Crippen molar-refractivity contribution in [1.82, 2.24) is 19.7 Å². The van der Waals surface area contributed by atoms with Crippen molar-refractivity contribution < 1.29 is 28.1 Å². The smallest absolute Gasteiger partial charge is 0.323 e. The highest BCUT2D eigenvalue weighted by molar-refractivity contribution is 8.32. The molecule has 0 aliphatic heterocycles. The van der Waals surface area contributed by atoms with Crippen molar-refractivity contribution in [3.8, 4) is 40.2 Å². The van der Waals surface area contributed by atoms with Crippen LogP contribution >= 0.6 is 10.0 Å². The molecule has 0 aliphatic carbocycles. The maximum atomic E-state index is 13.4. The monoisotopic (exact) mass is 596 g/mol. The first-order valence-electron chi connectivity index (χ1n) is 13.3. The summed E-state index contributed by atoms with van der Waals surface area (Å²) in [5.74, 6) is 1.61. The molecule has 2 aromatic carbocycles. The number of hydrogen-bond acceptors (Lipinski definition) is 8. The van der Waals surface area contributed by atoms with E-state index in [9.17, 15) is 9.18 Å². The fourth-order valence-electron chi connectivity index (χ4n) is 3.72. The number of ether oxygens (including phenoxy) is 4. The van der Waals surface area contributed by atoms with E-state index in [1.165, 1.54) is 31.4 Å². The van der Waals surface area contributed by atoms with Gasteiger partial charge in [-0.25, -0.2) is 19.4 Å². The molecule has 224 valence electrons. The van der Waals surface area contributed by atoms with Gasteiger partial charge in [-0.2, -0.15) is 9.67 Å². The molecule has 2 heterocycles. The summed E-state index contributed by atoms with van der Waals surface area (Å²) in [7, 11) is 0.669. The number of carbonyl (C=O) groups is 1. The summed E-state index contributed by atoms with van der Waals surface area (Å²) in [5, 5.41) is 4.63. The van der Waals surface area contributed by atoms with Gasteiger partial charge in [0.1, 0.15) is 24.9 Å². The van der Waals surface area contributed by atoms with E-state index < -0.39 is 15.4 Å². The third-order valence-electron chi connectivity index (χ3n) is 6.25. The summed E-state index contributed by atoms with van der Waals surface area (Å²) >= 11 is 0. The number of aromatic nitrogens is 4. The molecule has 0 N–H and O–H groups in total. The first kappa shape index (κ1) is 31.0. The number of carbonyl (C=O) groups excluding carboxylic acids is 1. The molecule has 0 unspecified atom stereocenters. The Hall–Kier alpha value is -3.96. The third kappa shape index (κ3) is 8.53. The topological polar surface area (TPSA) is 97.6 Å². The Kier molecular flexibility index (Phi) is 9.85. The Balaban J connectivity index is 1.47. The average molecular weight is 597 g/mol. The van der Waals surface area contributed by atoms with Crippen molar-refractivity contribution in [3.05, 3.63) is 72.7 Å². The predicted octanol–water partition coefficient (Wildman–Crippen LogP) is 6.18. The fourth-order valence-corrected chi connectivity index (χ4v) is 4.33. The Morgan fingerprint density at radius 1 is 0.952 bits per heavy atom. The maximum absolute atomic E-state index is 13.4. The molecule has 42 heavy (non-hydrogen) atoms. The van der Waals surface area contributed by atoms with Crippen LogP contribution in [0.4, 0.5) is 4.39 Å². The molecule has 0 saturated heterocycles. The lowest BCUT2D eigenvalue weighted by Crippen LogP contribution is -2.32. The Morgan fingerprint density at radius 3 is 2.24 bits per heavy atom. The van der Waals surface area contributed by atoms with Gasteiger partial charge in [0.25, 0.3) is 0 Å². The number of hydrogen-bond donors (Lipinski definition) is 0. The highest BCUT2D eigenvalue weighted by Crippen LogP contribution is 2.34. The van der Waals surface area contributed by atoms with Crippen LogP contribution in [0.25, 0.3) is 22.5 Å². The lowest BCUT2D eigenvalue weighted by Gasteiger charge is -2.24. The standard InChI is InChI=1S/C31H37FN4O5S/c1-31(2,29(37)38-3)20-40-27-16-11-24(19-33-27)22-7-9-23(10-8-22)28-34-30(41-26-14-12-25(32)13-15-26)36(35-28)21-39-17-18-42(4,5)6/h7-16,19H,17-18,20-21H2,1-6H3. The van der Waals surface area contributed by atoms with Crippen molar-refractivity contribution in [3.63, 3.8) is 0 Å². The van der Waals surface area contributed by atoms with E-state index in [-0.39, 0.29) is 31.1 Å². The van der Waals surface area contributed by atoms with Gasteiger partial charge in [-0.05, 0) is 68.5 Å². The van der Waals surface area contributed by atoms with Crippen molar-refractivity contribution in [1.29, 1.82) is 0 Å². The van der Waals surface area contributed by atoms with Crippen LogP contribution in [0.2, 0.25) is 0 Å². The number of esters is 1. The summed E-state index contributed by atoms with van der Waals surface area (Å²) in [6, 6.07) is 17.4. The number of halogens is 1. The predicted molar refractivity (Wildman–Crippen MR) is 163 cm³/mol. The van der Waals surface area contributed by atoms with Gasteiger partial charge in [-0.15, -0.1) is 5.10 Å². The number of pyridine rings is 1. The highest BCUT2D eigenvalue weighted by Gasteiger charge is 2.30. The van der Waals surface area contributed by atoms with Gasteiger partial charge in [-0.3, -0.25) is 4.79 Å². The molecule has 4 rings (SSSR count). The summed E-state index contributed by atoms with van der Waals surface area (Å²) in [5.41, 5.74) is 1.85. The average Bonchev–Trinajstić information content (AvgIpc) is 3.37. The van der Waals surface area contributed by atoms with E-state index in [0.717, 1.165) is 22.4 Å². The van der Waals surface area contributed by atoms with Crippen LogP contribution in [0.15, 0.2) is 66.9 Å². The molecule has 0 saturated carbocycles. The fraction of sp³-hybridized carbons (Fsp3) is 0.355. The van der Waals surface area contributed by atoms with Crippen LogP contribution < -0.4 is 9.47 Å². The molecule has 11 heteroatoms. The van der Waals surface area contributed by atoms with Gasteiger partial charge >= 0.3 is 12.0 Å². The van der Waals surface area contributed by atoms with E-state index >= 15 is 0 Å². The zero-order valence-corrected chi connectivity index (χ0v) is 25.6. The molecule has 2 aromatic heterocycles. The summed E-state index contributed by atoms with van der Waals surface area (Å²) in [6.07, 6.45) is 8.43. The van der Waals surface area contributed by atoms with Gasteiger partial charge in [-0.1, -0.05) is 24.3 Å². The molecular formula is C31H37FN4O5S. The third-order valence-corrected chi connectivity index (χ3v) is 7.64. The van der Waals surface area contributed by atoms with Crippen molar-refractivity contribution >= 4 is 16.0 Å². The molecule has 0 spiro atoms. The van der Waals surface area contributed by atoms with E-state index in [1.807, 2.05) is 30.3 Å². The van der Waals surface area contributed by atoms with Gasteiger partial charge in [0.05, 0.1) is 19.1 Å². The highest BCUT2D eigenvalue weighted by atomic mass is 32.3. The molecule has 0 amide bonds. The molecule has 0 fully saturated rings. The minimum Gasteiger partial charge on any atom is -0.476 e. The summed E-state index contributed by atoms with van der Waals surface area (Å²) in [4.78, 5) is 20.8. The van der Waals surface area contributed by atoms with Crippen molar-refractivity contribution in [2.75, 3.05) is 44.8 Å². The second-order valence-electron chi connectivity index (χ2n) is 11.2. The normalized spacial score (nSPS) is 12.2. The lowest BCUT2D eigenvalue weighted by atomic mass is 9.95. The number of rotatable bonds is 13. The van der Waals surface area contributed by atoms with Crippen molar-refractivity contribution in [2.45, 2.75) is 20.6 Å².